The highest BCUT2D eigenvalue weighted by atomic mass is 28.4. The molecule has 17 heavy (non-hydrogen) atoms. The van der Waals surface area contributed by atoms with Gasteiger partial charge in [-0.25, -0.2) is 0 Å². The van der Waals surface area contributed by atoms with E-state index < -0.39 is 8.32 Å². The summed E-state index contributed by atoms with van der Waals surface area (Å²) >= 11 is 0. The predicted octanol–water partition coefficient (Wildman–Crippen LogP) is 2.84. The first kappa shape index (κ1) is 11.8. The molecule has 0 amide bonds. The minimum Gasteiger partial charge on any atom is -0.544 e. The summed E-state index contributed by atoms with van der Waals surface area (Å²) in [5.74, 6) is 0.235. The number of hydrogen-bond donors (Lipinski definition) is 0. The van der Waals surface area contributed by atoms with E-state index in [1.54, 1.807) is 18.2 Å². The Morgan fingerprint density at radius 3 is 2.29 bits per heavy atom. The molecule has 88 valence electrons. The largest absolute Gasteiger partial charge is 0.544 e. The van der Waals surface area contributed by atoms with Crippen molar-refractivity contribution in [3.63, 3.8) is 0 Å². The summed E-state index contributed by atoms with van der Waals surface area (Å²) < 4.78 is 5.85. The lowest BCUT2D eigenvalue weighted by Crippen LogP contribution is -2.30. The van der Waals surface area contributed by atoms with Crippen molar-refractivity contribution in [3.05, 3.63) is 41.5 Å². The molecular weight excluding hydrogens is 232 g/mol. The first-order chi connectivity index (χ1) is 7.88. The standard InChI is InChI=1S/C13H14O3Si/c1-17(2,3)16-12-6-4-5-9-10(14)7-8-11(15)13(9)12/h4-8H,1-3H3. The Morgan fingerprint density at radius 2 is 1.65 bits per heavy atom. The molecule has 0 bridgehead atoms. The molecule has 1 aromatic carbocycles. The average molecular weight is 246 g/mol. The zero-order chi connectivity index (χ0) is 12.6. The van der Waals surface area contributed by atoms with Crippen molar-refractivity contribution in [2.45, 2.75) is 19.6 Å². The maximum absolute atomic E-state index is 11.8. The molecule has 4 heteroatoms. The molecule has 2 rings (SSSR count). The van der Waals surface area contributed by atoms with Gasteiger partial charge in [0.25, 0.3) is 0 Å². The van der Waals surface area contributed by atoms with Crippen molar-refractivity contribution in [2.75, 3.05) is 0 Å². The van der Waals surface area contributed by atoms with Gasteiger partial charge in [0.15, 0.2) is 11.6 Å². The Bertz CT molecular complexity index is 524. The molecule has 0 fully saturated rings. The molecule has 0 spiro atoms. The van der Waals surface area contributed by atoms with Crippen molar-refractivity contribution in [3.8, 4) is 5.75 Å². The van der Waals surface area contributed by atoms with E-state index in [-0.39, 0.29) is 11.6 Å². The van der Waals surface area contributed by atoms with Crippen molar-refractivity contribution in [1.29, 1.82) is 0 Å². The van der Waals surface area contributed by atoms with Gasteiger partial charge in [0.1, 0.15) is 5.75 Å². The number of hydrogen-bond acceptors (Lipinski definition) is 3. The van der Waals surface area contributed by atoms with Gasteiger partial charge in [-0.15, -0.1) is 0 Å². The first-order valence-corrected chi connectivity index (χ1v) is 8.88. The molecule has 0 saturated heterocycles. The van der Waals surface area contributed by atoms with Gasteiger partial charge in [-0.05, 0) is 37.9 Å². The lowest BCUT2D eigenvalue weighted by molar-refractivity contribution is 0.0992. The van der Waals surface area contributed by atoms with Crippen LogP contribution >= 0.6 is 0 Å². The van der Waals surface area contributed by atoms with Crippen LogP contribution in [0, 0.1) is 0 Å². The van der Waals surface area contributed by atoms with E-state index >= 15 is 0 Å². The van der Waals surface area contributed by atoms with Crippen LogP contribution in [0.1, 0.15) is 20.7 Å². The number of carbonyl (C=O) groups is 2. The van der Waals surface area contributed by atoms with Crippen LogP contribution in [0.3, 0.4) is 0 Å². The number of allylic oxidation sites excluding steroid dienone is 2. The second kappa shape index (κ2) is 3.96. The smallest absolute Gasteiger partial charge is 0.242 e. The van der Waals surface area contributed by atoms with Crippen LogP contribution in [0.25, 0.3) is 0 Å². The number of rotatable bonds is 2. The fourth-order valence-electron chi connectivity index (χ4n) is 1.73. The minimum absolute atomic E-state index is 0.138. The topological polar surface area (TPSA) is 43.4 Å². The lowest BCUT2D eigenvalue weighted by atomic mass is 9.94. The zero-order valence-corrected chi connectivity index (χ0v) is 11.1. The third kappa shape index (κ3) is 2.36. The first-order valence-electron chi connectivity index (χ1n) is 5.47. The van der Waals surface area contributed by atoms with E-state index in [1.807, 2.05) is 19.6 Å². The molecule has 1 aromatic rings. The highest BCUT2D eigenvalue weighted by Crippen LogP contribution is 2.28. The molecule has 0 N–H and O–H groups in total. The summed E-state index contributed by atoms with van der Waals surface area (Å²) in [4.78, 5) is 23.5. The number of fused-ring (bicyclic) bond motifs is 1. The summed E-state index contributed by atoms with van der Waals surface area (Å²) in [6.07, 6.45) is 2.62. The monoisotopic (exact) mass is 246 g/mol. The summed E-state index contributed by atoms with van der Waals surface area (Å²) in [6.45, 7) is 6.12. The molecule has 1 aliphatic rings. The van der Waals surface area contributed by atoms with E-state index in [1.165, 1.54) is 12.2 Å². The molecule has 0 atom stereocenters. The summed E-state index contributed by atoms with van der Waals surface area (Å²) in [6, 6.07) is 5.16. The van der Waals surface area contributed by atoms with E-state index in [4.69, 9.17) is 4.43 Å². The van der Waals surface area contributed by atoms with Gasteiger partial charge in [0.05, 0.1) is 5.56 Å². The molecule has 3 nitrogen and oxygen atoms in total. The predicted molar refractivity (Wildman–Crippen MR) is 68.2 cm³/mol. The molecule has 0 radical (unpaired) electrons. The third-order valence-electron chi connectivity index (χ3n) is 2.34. The molecular formula is C13H14O3Si. The Balaban J connectivity index is 2.54. The molecule has 0 aliphatic heterocycles. The summed E-state index contributed by atoms with van der Waals surface area (Å²) in [5.41, 5.74) is 0.843. The molecule has 0 saturated carbocycles. The fourth-order valence-corrected chi connectivity index (χ4v) is 2.56. The van der Waals surface area contributed by atoms with E-state index in [0.717, 1.165) is 0 Å². The lowest BCUT2D eigenvalue weighted by Gasteiger charge is -2.22. The van der Waals surface area contributed by atoms with E-state index in [0.29, 0.717) is 16.9 Å². The van der Waals surface area contributed by atoms with Gasteiger partial charge < -0.3 is 4.43 Å². The van der Waals surface area contributed by atoms with Gasteiger partial charge in [-0.1, -0.05) is 12.1 Å². The average Bonchev–Trinajstić information content (AvgIpc) is 2.21. The van der Waals surface area contributed by atoms with Crippen molar-refractivity contribution >= 4 is 19.9 Å². The fraction of sp³-hybridized carbons (Fsp3) is 0.231. The summed E-state index contributed by atoms with van der Waals surface area (Å²) in [7, 11) is -1.80. The van der Waals surface area contributed by atoms with Crippen LogP contribution in [0.5, 0.6) is 5.75 Å². The molecule has 0 aromatic heterocycles. The highest BCUT2D eigenvalue weighted by Gasteiger charge is 2.26. The summed E-state index contributed by atoms with van der Waals surface area (Å²) in [5, 5.41) is 0. The van der Waals surface area contributed by atoms with Crippen LogP contribution in [-0.4, -0.2) is 19.9 Å². The van der Waals surface area contributed by atoms with Crippen molar-refractivity contribution in [2.24, 2.45) is 0 Å². The number of carbonyl (C=O) groups excluding carboxylic acids is 2. The van der Waals surface area contributed by atoms with Crippen LogP contribution in [-0.2, 0) is 0 Å². The Morgan fingerprint density at radius 1 is 1.00 bits per heavy atom. The molecule has 1 aliphatic carbocycles. The van der Waals surface area contributed by atoms with Gasteiger partial charge in [-0.2, -0.15) is 0 Å². The minimum atomic E-state index is -1.80. The maximum atomic E-state index is 11.8. The number of ketones is 2. The van der Waals surface area contributed by atoms with Crippen LogP contribution in [0.2, 0.25) is 19.6 Å². The Labute approximate surface area is 101 Å². The van der Waals surface area contributed by atoms with Gasteiger partial charge in [-0.3, -0.25) is 9.59 Å². The zero-order valence-electron chi connectivity index (χ0n) is 10.1. The second-order valence-electron chi connectivity index (χ2n) is 4.95. The normalized spacial score (nSPS) is 14.8. The Hall–Kier alpha value is -1.68. The third-order valence-corrected chi connectivity index (χ3v) is 3.17. The Kier molecular flexibility index (Phi) is 2.75. The van der Waals surface area contributed by atoms with Gasteiger partial charge >= 0.3 is 0 Å². The van der Waals surface area contributed by atoms with Crippen LogP contribution in [0.15, 0.2) is 30.4 Å². The van der Waals surface area contributed by atoms with Crippen LogP contribution in [0.4, 0.5) is 0 Å². The maximum Gasteiger partial charge on any atom is 0.242 e. The SMILES string of the molecule is C[Si](C)(C)Oc1cccc2c1C(=O)C=CC2=O. The van der Waals surface area contributed by atoms with Crippen LogP contribution < -0.4 is 4.43 Å². The molecule has 0 heterocycles. The second-order valence-corrected chi connectivity index (χ2v) is 9.38. The highest BCUT2D eigenvalue weighted by molar-refractivity contribution is 6.70. The van der Waals surface area contributed by atoms with Gasteiger partial charge in [0, 0.05) is 5.56 Å². The quantitative estimate of drug-likeness (QED) is 0.754. The van der Waals surface area contributed by atoms with E-state index in [2.05, 4.69) is 0 Å². The number of benzene rings is 1. The van der Waals surface area contributed by atoms with Gasteiger partial charge in [0.2, 0.25) is 8.32 Å². The van der Waals surface area contributed by atoms with Crippen molar-refractivity contribution in [1.82, 2.24) is 0 Å². The van der Waals surface area contributed by atoms with Crippen molar-refractivity contribution < 1.29 is 14.0 Å². The van der Waals surface area contributed by atoms with E-state index in [9.17, 15) is 9.59 Å². The molecule has 0 unspecified atom stereocenters.